The van der Waals surface area contributed by atoms with Crippen molar-refractivity contribution in [2.24, 2.45) is 0 Å². The van der Waals surface area contributed by atoms with Crippen LogP contribution in [0.3, 0.4) is 0 Å². The lowest BCUT2D eigenvalue weighted by Crippen LogP contribution is -2.45. The molecule has 212 valence electrons. The molecule has 0 saturated carbocycles. The van der Waals surface area contributed by atoms with Crippen LogP contribution in [0.5, 0.6) is 5.75 Å². The molecule has 2 atom stereocenters. The molecule has 0 aliphatic carbocycles. The number of ether oxygens (including phenoxy) is 3. The molecule has 0 radical (unpaired) electrons. The van der Waals surface area contributed by atoms with Crippen LogP contribution < -0.4 is 4.74 Å². The summed E-state index contributed by atoms with van der Waals surface area (Å²) in [6.07, 6.45) is 6.04. The minimum absolute atomic E-state index is 0.149. The molecule has 1 heterocycles. The highest BCUT2D eigenvalue weighted by molar-refractivity contribution is 7.98. The summed E-state index contributed by atoms with van der Waals surface area (Å²) in [4.78, 5) is 19.1. The minimum atomic E-state index is -0.694. The second-order valence-corrected chi connectivity index (χ2v) is 11.6. The zero-order chi connectivity index (χ0) is 28.4. The number of hydrogen-bond acceptors (Lipinski definition) is 7. The van der Waals surface area contributed by atoms with Gasteiger partial charge in [-0.15, -0.1) is 16.8 Å². The highest BCUT2D eigenvalue weighted by Gasteiger charge is 2.34. The molecule has 0 aromatic heterocycles. The Bertz CT molecular complexity index is 1220. The van der Waals surface area contributed by atoms with Crippen LogP contribution in [0.2, 0.25) is 0 Å². The quantitative estimate of drug-likeness (QED) is 0.185. The smallest absolute Gasteiger partial charge is 0.490 e. The Morgan fingerprint density at radius 1 is 1.00 bits per heavy atom. The summed E-state index contributed by atoms with van der Waals surface area (Å²) in [6, 6.07) is 26.8. The fourth-order valence-corrected chi connectivity index (χ4v) is 4.93. The van der Waals surface area contributed by atoms with Gasteiger partial charge in [0.2, 0.25) is 0 Å². The lowest BCUT2D eigenvalue weighted by atomic mass is 9.87. The molecule has 7 heteroatoms. The van der Waals surface area contributed by atoms with E-state index in [0.29, 0.717) is 26.3 Å². The van der Waals surface area contributed by atoms with Crippen molar-refractivity contribution >= 4 is 24.0 Å². The first-order chi connectivity index (χ1) is 19.3. The number of carbonyl (C=O) groups is 1. The summed E-state index contributed by atoms with van der Waals surface area (Å²) in [5.41, 5.74) is 2.81. The Labute approximate surface area is 242 Å². The van der Waals surface area contributed by atoms with Crippen molar-refractivity contribution in [3.8, 4) is 5.75 Å². The van der Waals surface area contributed by atoms with E-state index in [1.807, 2.05) is 57.2 Å². The average molecular weight is 562 g/mol. The Hall–Kier alpha value is -3.26. The molecule has 3 aromatic rings. The predicted molar refractivity (Wildman–Crippen MR) is 160 cm³/mol. The number of hydrogen-bond donors (Lipinski definition) is 0. The fourth-order valence-electron chi connectivity index (χ4n) is 4.52. The van der Waals surface area contributed by atoms with E-state index in [9.17, 15) is 4.79 Å². The van der Waals surface area contributed by atoms with Crippen LogP contribution in [0, 0.1) is 0 Å². The number of piperidine rings is 1. The van der Waals surface area contributed by atoms with E-state index >= 15 is 0 Å². The van der Waals surface area contributed by atoms with Crippen LogP contribution in [0.15, 0.2) is 89.8 Å². The van der Waals surface area contributed by atoms with Crippen molar-refractivity contribution in [1.29, 1.82) is 0 Å². The summed E-state index contributed by atoms with van der Waals surface area (Å²) in [7, 11) is 0. The molecular formula is C33H39NO5S. The Morgan fingerprint density at radius 2 is 1.73 bits per heavy atom. The molecule has 1 aliphatic rings. The fraction of sp³-hybridized carbons (Fsp3) is 0.364. The first-order valence-corrected chi connectivity index (χ1v) is 14.9. The van der Waals surface area contributed by atoms with E-state index in [1.165, 1.54) is 10.5 Å². The Morgan fingerprint density at radius 3 is 2.40 bits per heavy atom. The van der Waals surface area contributed by atoms with Gasteiger partial charge in [0.15, 0.2) is 0 Å². The SMILES string of the molecule is CSc1ccc(COC2CN(OC(=O)OC(C)(C)C)CCC2c2ccc(OC/C=C/c3ccccc3)cc2)cc1. The van der Waals surface area contributed by atoms with Gasteiger partial charge in [-0.1, -0.05) is 60.7 Å². The second-order valence-electron chi connectivity index (χ2n) is 10.7. The number of benzene rings is 3. The van der Waals surface area contributed by atoms with E-state index in [1.54, 1.807) is 16.8 Å². The number of nitrogens with zero attached hydrogens (tertiary/aromatic N) is 1. The molecular weight excluding hydrogens is 522 g/mol. The monoisotopic (exact) mass is 561 g/mol. The molecule has 1 fully saturated rings. The third-order valence-electron chi connectivity index (χ3n) is 6.50. The topological polar surface area (TPSA) is 57.2 Å². The van der Waals surface area contributed by atoms with Crippen LogP contribution in [0.1, 0.15) is 49.8 Å². The van der Waals surface area contributed by atoms with E-state index in [2.05, 4.69) is 60.9 Å². The highest BCUT2D eigenvalue weighted by Crippen LogP contribution is 2.32. The van der Waals surface area contributed by atoms with Crippen molar-refractivity contribution in [3.63, 3.8) is 0 Å². The molecule has 0 N–H and O–H groups in total. The molecule has 0 amide bonds. The maximum Gasteiger partial charge on any atom is 0.528 e. The van der Waals surface area contributed by atoms with E-state index in [0.717, 1.165) is 23.3 Å². The third-order valence-corrected chi connectivity index (χ3v) is 7.25. The summed E-state index contributed by atoms with van der Waals surface area (Å²) in [5.74, 6) is 0.967. The van der Waals surface area contributed by atoms with Gasteiger partial charge in [0.1, 0.15) is 18.0 Å². The number of carbonyl (C=O) groups excluding carboxylic acids is 1. The normalized spacial score (nSPS) is 18.0. The third kappa shape index (κ3) is 9.44. The van der Waals surface area contributed by atoms with Crippen molar-refractivity contribution < 1.29 is 23.8 Å². The molecule has 0 bridgehead atoms. The molecule has 4 rings (SSSR count). The maximum absolute atomic E-state index is 12.3. The average Bonchev–Trinajstić information content (AvgIpc) is 2.94. The van der Waals surface area contributed by atoms with Gasteiger partial charge < -0.3 is 19.0 Å². The van der Waals surface area contributed by atoms with Gasteiger partial charge >= 0.3 is 6.16 Å². The van der Waals surface area contributed by atoms with Gasteiger partial charge in [-0.3, -0.25) is 0 Å². The summed E-state index contributed by atoms with van der Waals surface area (Å²) >= 11 is 1.72. The lowest BCUT2D eigenvalue weighted by molar-refractivity contribution is -0.179. The molecule has 6 nitrogen and oxygen atoms in total. The van der Waals surface area contributed by atoms with Gasteiger partial charge in [-0.05, 0) is 80.5 Å². The van der Waals surface area contributed by atoms with Gasteiger partial charge in [-0.2, -0.15) is 0 Å². The zero-order valence-electron chi connectivity index (χ0n) is 23.7. The van der Waals surface area contributed by atoms with Crippen LogP contribution in [0.4, 0.5) is 4.79 Å². The largest absolute Gasteiger partial charge is 0.528 e. The van der Waals surface area contributed by atoms with Crippen LogP contribution in [-0.4, -0.2) is 48.9 Å². The van der Waals surface area contributed by atoms with Crippen LogP contribution >= 0.6 is 11.8 Å². The first-order valence-electron chi connectivity index (χ1n) is 13.6. The van der Waals surface area contributed by atoms with Crippen molar-refractivity contribution in [1.82, 2.24) is 5.06 Å². The van der Waals surface area contributed by atoms with Gasteiger partial charge in [0, 0.05) is 17.4 Å². The summed E-state index contributed by atoms with van der Waals surface area (Å²) in [6.45, 7) is 7.48. The molecule has 0 spiro atoms. The molecule has 3 aromatic carbocycles. The van der Waals surface area contributed by atoms with Gasteiger partial charge in [0.25, 0.3) is 0 Å². The number of rotatable bonds is 10. The minimum Gasteiger partial charge on any atom is -0.490 e. The van der Waals surface area contributed by atoms with Crippen molar-refractivity contribution in [3.05, 3.63) is 102 Å². The van der Waals surface area contributed by atoms with E-state index < -0.39 is 11.8 Å². The summed E-state index contributed by atoms with van der Waals surface area (Å²) in [5, 5.41) is 1.66. The molecule has 2 unspecified atom stereocenters. The number of hydroxylamine groups is 2. The van der Waals surface area contributed by atoms with Gasteiger partial charge in [0.05, 0.1) is 19.3 Å². The first kappa shape index (κ1) is 29.7. The van der Waals surface area contributed by atoms with Crippen LogP contribution in [0.25, 0.3) is 6.08 Å². The Balaban J connectivity index is 1.39. The zero-order valence-corrected chi connectivity index (χ0v) is 24.6. The van der Waals surface area contributed by atoms with E-state index in [-0.39, 0.29) is 12.0 Å². The van der Waals surface area contributed by atoms with E-state index in [4.69, 9.17) is 19.0 Å². The van der Waals surface area contributed by atoms with Crippen molar-refractivity contribution in [2.45, 2.75) is 56.3 Å². The standard InChI is InChI=1S/C33H39NO5S/c1-33(2,3)38-32(35)39-34-21-20-30(31(23-34)37-24-26-12-18-29(40-4)19-13-26)27-14-16-28(17-15-27)36-22-8-11-25-9-6-5-7-10-25/h5-19,30-31H,20-24H2,1-4H3/b11-8+. The molecule has 40 heavy (non-hydrogen) atoms. The summed E-state index contributed by atoms with van der Waals surface area (Å²) < 4.78 is 17.7. The maximum atomic E-state index is 12.3. The molecule has 1 aliphatic heterocycles. The van der Waals surface area contributed by atoms with Crippen LogP contribution in [-0.2, 0) is 20.9 Å². The lowest BCUT2D eigenvalue weighted by Gasteiger charge is -2.37. The second kappa shape index (κ2) is 14.4. The molecule has 1 saturated heterocycles. The highest BCUT2D eigenvalue weighted by atomic mass is 32.2. The van der Waals surface area contributed by atoms with Gasteiger partial charge in [-0.25, -0.2) is 4.79 Å². The number of thioether (sulfide) groups is 1. The predicted octanol–water partition coefficient (Wildman–Crippen LogP) is 7.74. The van der Waals surface area contributed by atoms with Crippen molar-refractivity contribution in [2.75, 3.05) is 26.0 Å². The Kier molecular flexibility index (Phi) is 10.7.